The van der Waals surface area contributed by atoms with Crippen LogP contribution in [0.3, 0.4) is 0 Å². The molecule has 2 rings (SSSR count). The second-order valence-electron chi connectivity index (χ2n) is 4.66. The maximum Gasteiger partial charge on any atom is 0.255 e. The molecule has 0 aliphatic carbocycles. The number of likely N-dealkylation sites (tertiary alicyclic amines) is 1. The average molecular weight is 244 g/mol. The summed E-state index contributed by atoms with van der Waals surface area (Å²) in [5.74, 6) is -0.0349. The van der Waals surface area contributed by atoms with Crippen LogP contribution in [0.4, 0.5) is 0 Å². The third kappa shape index (κ3) is 2.49. The van der Waals surface area contributed by atoms with Crippen molar-refractivity contribution in [1.82, 2.24) is 14.8 Å². The number of carbonyl (C=O) groups excluding carboxylic acids is 1. The lowest BCUT2D eigenvalue weighted by Gasteiger charge is -2.24. The molecule has 0 bridgehead atoms. The molecular weight excluding hydrogens is 228 g/mol. The molecular formula is C13H16N4O. The molecule has 1 aromatic rings. The summed E-state index contributed by atoms with van der Waals surface area (Å²) < 4.78 is 0. The lowest BCUT2D eigenvalue weighted by molar-refractivity contribution is 0.0737. The van der Waals surface area contributed by atoms with Gasteiger partial charge >= 0.3 is 0 Å². The molecule has 1 aliphatic rings. The van der Waals surface area contributed by atoms with Gasteiger partial charge in [0.1, 0.15) is 11.8 Å². The second-order valence-corrected chi connectivity index (χ2v) is 4.66. The van der Waals surface area contributed by atoms with E-state index in [1.54, 1.807) is 17.0 Å². The Morgan fingerprint density at radius 2 is 2.39 bits per heavy atom. The molecule has 0 spiro atoms. The Balaban J connectivity index is 2.08. The van der Waals surface area contributed by atoms with Crippen LogP contribution >= 0.6 is 0 Å². The van der Waals surface area contributed by atoms with Gasteiger partial charge in [0.05, 0.1) is 5.56 Å². The van der Waals surface area contributed by atoms with Crippen molar-refractivity contribution in [3.05, 3.63) is 29.6 Å². The average Bonchev–Trinajstić information content (AvgIpc) is 2.84. The first-order valence-corrected chi connectivity index (χ1v) is 5.93. The van der Waals surface area contributed by atoms with Crippen LogP contribution in [0.5, 0.6) is 0 Å². The van der Waals surface area contributed by atoms with Gasteiger partial charge in [-0.3, -0.25) is 4.79 Å². The number of hydrogen-bond acceptors (Lipinski definition) is 4. The van der Waals surface area contributed by atoms with Crippen molar-refractivity contribution in [2.45, 2.75) is 12.5 Å². The molecule has 1 saturated heterocycles. The SMILES string of the molecule is CN1CCC(N(C)C(=O)c2ccc(C#N)nc2)C1. The van der Waals surface area contributed by atoms with Crippen molar-refractivity contribution in [3.8, 4) is 6.07 Å². The molecule has 1 amide bonds. The predicted molar refractivity (Wildman–Crippen MR) is 66.9 cm³/mol. The van der Waals surface area contributed by atoms with Crippen LogP contribution in [0, 0.1) is 11.3 Å². The maximum absolute atomic E-state index is 12.2. The Bertz CT molecular complexity index is 477. The van der Waals surface area contributed by atoms with Crippen LogP contribution in [-0.4, -0.2) is 53.9 Å². The van der Waals surface area contributed by atoms with Crippen LogP contribution in [-0.2, 0) is 0 Å². The van der Waals surface area contributed by atoms with Gasteiger partial charge < -0.3 is 9.80 Å². The van der Waals surface area contributed by atoms with E-state index in [4.69, 9.17) is 5.26 Å². The molecule has 5 heteroatoms. The van der Waals surface area contributed by atoms with Crippen LogP contribution in [0.2, 0.25) is 0 Å². The van der Waals surface area contributed by atoms with E-state index in [9.17, 15) is 4.79 Å². The van der Waals surface area contributed by atoms with E-state index >= 15 is 0 Å². The monoisotopic (exact) mass is 244 g/mol. The second kappa shape index (κ2) is 5.15. The lowest BCUT2D eigenvalue weighted by atomic mass is 10.2. The molecule has 2 heterocycles. The Labute approximate surface area is 107 Å². The van der Waals surface area contributed by atoms with Gasteiger partial charge in [0.25, 0.3) is 5.91 Å². The Kier molecular flexibility index (Phi) is 3.58. The van der Waals surface area contributed by atoms with E-state index in [1.165, 1.54) is 6.20 Å². The van der Waals surface area contributed by atoms with Crippen molar-refractivity contribution in [2.75, 3.05) is 27.2 Å². The molecule has 1 unspecified atom stereocenters. The minimum absolute atomic E-state index is 0.0349. The molecule has 18 heavy (non-hydrogen) atoms. The highest BCUT2D eigenvalue weighted by atomic mass is 16.2. The summed E-state index contributed by atoms with van der Waals surface area (Å²) in [6.07, 6.45) is 2.47. The van der Waals surface area contributed by atoms with Crippen molar-refractivity contribution >= 4 is 5.91 Å². The Morgan fingerprint density at radius 3 is 2.89 bits per heavy atom. The fourth-order valence-electron chi connectivity index (χ4n) is 2.18. The molecule has 0 radical (unpaired) electrons. The molecule has 1 aromatic heterocycles. The number of hydrogen-bond donors (Lipinski definition) is 0. The highest BCUT2D eigenvalue weighted by Crippen LogP contribution is 2.15. The summed E-state index contributed by atoms with van der Waals surface area (Å²) in [6.45, 7) is 1.93. The van der Waals surface area contributed by atoms with E-state index in [0.717, 1.165) is 19.5 Å². The molecule has 1 fully saturated rings. The summed E-state index contributed by atoms with van der Waals surface area (Å²) in [5, 5.41) is 8.66. The minimum Gasteiger partial charge on any atom is -0.337 e. The van der Waals surface area contributed by atoms with E-state index < -0.39 is 0 Å². The zero-order valence-corrected chi connectivity index (χ0v) is 10.6. The minimum atomic E-state index is -0.0349. The van der Waals surface area contributed by atoms with Gasteiger partial charge in [-0.2, -0.15) is 5.26 Å². The smallest absolute Gasteiger partial charge is 0.255 e. The van der Waals surface area contributed by atoms with Gasteiger partial charge in [-0.25, -0.2) is 4.98 Å². The first-order valence-electron chi connectivity index (χ1n) is 5.93. The van der Waals surface area contributed by atoms with Crippen LogP contribution in [0.25, 0.3) is 0 Å². The number of nitrogens with zero attached hydrogens (tertiary/aromatic N) is 4. The zero-order chi connectivity index (χ0) is 13.1. The van der Waals surface area contributed by atoms with E-state index in [1.807, 2.05) is 13.1 Å². The first kappa shape index (κ1) is 12.5. The van der Waals surface area contributed by atoms with Gasteiger partial charge in [0.2, 0.25) is 0 Å². The van der Waals surface area contributed by atoms with Gasteiger partial charge in [-0.1, -0.05) is 0 Å². The number of carbonyl (C=O) groups is 1. The number of rotatable bonds is 2. The number of pyridine rings is 1. The van der Waals surface area contributed by atoms with E-state index in [0.29, 0.717) is 11.3 Å². The van der Waals surface area contributed by atoms with Crippen molar-refractivity contribution in [2.24, 2.45) is 0 Å². The quantitative estimate of drug-likeness (QED) is 0.769. The van der Waals surface area contributed by atoms with Gasteiger partial charge in [-0.15, -0.1) is 0 Å². The van der Waals surface area contributed by atoms with Gasteiger partial charge in [0.15, 0.2) is 0 Å². The van der Waals surface area contributed by atoms with Crippen molar-refractivity contribution < 1.29 is 4.79 Å². The Hall–Kier alpha value is -1.93. The topological polar surface area (TPSA) is 60.2 Å². The summed E-state index contributed by atoms with van der Waals surface area (Å²) in [5.41, 5.74) is 0.862. The third-order valence-electron chi connectivity index (χ3n) is 3.36. The standard InChI is InChI=1S/C13H16N4O/c1-16-6-5-12(9-16)17(2)13(18)10-3-4-11(7-14)15-8-10/h3-4,8,12H,5-6,9H2,1-2H3. The summed E-state index contributed by atoms with van der Waals surface area (Å²) in [4.78, 5) is 20.1. The van der Waals surface area contributed by atoms with Crippen molar-refractivity contribution in [1.29, 1.82) is 5.26 Å². The molecule has 5 nitrogen and oxygen atoms in total. The van der Waals surface area contributed by atoms with Crippen LogP contribution < -0.4 is 0 Å². The van der Waals surface area contributed by atoms with Gasteiger partial charge in [0, 0.05) is 25.8 Å². The van der Waals surface area contributed by atoms with Crippen LogP contribution in [0.15, 0.2) is 18.3 Å². The molecule has 1 aliphatic heterocycles. The highest BCUT2D eigenvalue weighted by Gasteiger charge is 2.26. The fraction of sp³-hybridized carbons (Fsp3) is 0.462. The predicted octanol–water partition coefficient (Wildman–Crippen LogP) is 0.729. The first-order chi connectivity index (χ1) is 8.61. The summed E-state index contributed by atoms with van der Waals surface area (Å²) in [6, 6.07) is 5.43. The molecule has 1 atom stereocenters. The van der Waals surface area contributed by atoms with Gasteiger partial charge in [-0.05, 0) is 32.1 Å². The summed E-state index contributed by atoms with van der Waals surface area (Å²) >= 11 is 0. The number of nitriles is 1. The zero-order valence-electron chi connectivity index (χ0n) is 10.6. The van der Waals surface area contributed by atoms with E-state index in [-0.39, 0.29) is 11.9 Å². The third-order valence-corrected chi connectivity index (χ3v) is 3.36. The highest BCUT2D eigenvalue weighted by molar-refractivity contribution is 5.94. The summed E-state index contributed by atoms with van der Waals surface area (Å²) in [7, 11) is 3.88. The number of aromatic nitrogens is 1. The molecule has 0 aromatic carbocycles. The van der Waals surface area contributed by atoms with E-state index in [2.05, 4.69) is 16.9 Å². The molecule has 94 valence electrons. The normalized spacial score (nSPS) is 19.5. The largest absolute Gasteiger partial charge is 0.337 e. The molecule has 0 saturated carbocycles. The van der Waals surface area contributed by atoms with Crippen molar-refractivity contribution in [3.63, 3.8) is 0 Å². The lowest BCUT2D eigenvalue weighted by Crippen LogP contribution is -2.38. The number of likely N-dealkylation sites (N-methyl/N-ethyl adjacent to an activating group) is 2. The molecule has 0 N–H and O–H groups in total. The maximum atomic E-state index is 12.2. The fourth-order valence-corrected chi connectivity index (χ4v) is 2.18. The Morgan fingerprint density at radius 1 is 1.61 bits per heavy atom. The number of amides is 1. The van der Waals surface area contributed by atoms with Crippen LogP contribution in [0.1, 0.15) is 22.5 Å².